The van der Waals surface area contributed by atoms with Gasteiger partial charge >= 0.3 is 6.18 Å². The number of benzene rings is 1. The van der Waals surface area contributed by atoms with Gasteiger partial charge in [-0.2, -0.15) is 13.2 Å². The Morgan fingerprint density at radius 3 is 2.68 bits per heavy atom. The molecule has 1 aromatic carbocycles. The largest absolute Gasteiger partial charge is 0.416 e. The zero-order valence-corrected chi connectivity index (χ0v) is 14.3. The molecule has 7 heteroatoms. The number of rotatable bonds is 4. The lowest BCUT2D eigenvalue weighted by atomic mass is 9.81. The van der Waals surface area contributed by atoms with Crippen molar-refractivity contribution in [2.75, 3.05) is 26.7 Å². The van der Waals surface area contributed by atoms with Gasteiger partial charge in [0.25, 0.3) is 0 Å². The van der Waals surface area contributed by atoms with Crippen LogP contribution in [0.4, 0.5) is 13.2 Å². The van der Waals surface area contributed by atoms with Crippen LogP contribution in [0.25, 0.3) is 0 Å². The molecule has 1 heterocycles. The SMILES string of the molecule is C=CC(=O)N(C)CC(=O)N1CCC(C)(c2cccc(C(F)(F)F)c2)C1. The number of halogens is 3. The summed E-state index contributed by atoms with van der Waals surface area (Å²) in [6.45, 7) is 5.91. The maximum Gasteiger partial charge on any atom is 0.416 e. The lowest BCUT2D eigenvalue weighted by molar-refractivity contribution is -0.137. The van der Waals surface area contributed by atoms with Crippen LogP contribution < -0.4 is 0 Å². The van der Waals surface area contributed by atoms with E-state index in [1.165, 1.54) is 18.0 Å². The number of hydrogen-bond donors (Lipinski definition) is 0. The van der Waals surface area contributed by atoms with Crippen LogP contribution in [0.2, 0.25) is 0 Å². The summed E-state index contributed by atoms with van der Waals surface area (Å²) in [7, 11) is 1.50. The number of alkyl halides is 3. The van der Waals surface area contributed by atoms with Crippen LogP contribution in [-0.2, 0) is 21.2 Å². The molecule has 1 fully saturated rings. The highest BCUT2D eigenvalue weighted by molar-refractivity contribution is 5.90. The fourth-order valence-corrected chi connectivity index (χ4v) is 3.02. The van der Waals surface area contributed by atoms with Crippen LogP contribution in [0, 0.1) is 0 Å². The summed E-state index contributed by atoms with van der Waals surface area (Å²) >= 11 is 0. The smallest absolute Gasteiger partial charge is 0.340 e. The Balaban J connectivity index is 2.12. The minimum atomic E-state index is -4.39. The quantitative estimate of drug-likeness (QED) is 0.780. The molecule has 0 saturated carbocycles. The summed E-state index contributed by atoms with van der Waals surface area (Å²) in [6.07, 6.45) is -2.70. The second kappa shape index (κ2) is 6.90. The Morgan fingerprint density at radius 2 is 2.08 bits per heavy atom. The Kier molecular flexibility index (Phi) is 5.25. The average molecular weight is 354 g/mol. The molecule has 1 aromatic rings. The zero-order chi connectivity index (χ0) is 18.8. The summed E-state index contributed by atoms with van der Waals surface area (Å²) < 4.78 is 38.8. The van der Waals surface area contributed by atoms with Crippen molar-refractivity contribution >= 4 is 11.8 Å². The van der Waals surface area contributed by atoms with Gasteiger partial charge < -0.3 is 9.80 Å². The van der Waals surface area contributed by atoms with E-state index in [0.29, 0.717) is 25.1 Å². The van der Waals surface area contributed by atoms with Crippen LogP contribution in [0.1, 0.15) is 24.5 Å². The minimum absolute atomic E-state index is 0.0798. The third-order valence-electron chi connectivity index (χ3n) is 4.64. The molecule has 25 heavy (non-hydrogen) atoms. The third-order valence-corrected chi connectivity index (χ3v) is 4.64. The lowest BCUT2D eigenvalue weighted by Crippen LogP contribution is -2.40. The molecular formula is C18H21F3N2O2. The molecule has 136 valence electrons. The summed E-state index contributed by atoms with van der Waals surface area (Å²) in [5.74, 6) is -0.582. The van der Waals surface area contributed by atoms with E-state index in [9.17, 15) is 22.8 Å². The Bertz CT molecular complexity index is 687. The maximum atomic E-state index is 12.9. The first-order valence-corrected chi connectivity index (χ1v) is 7.90. The molecular weight excluding hydrogens is 333 g/mol. The number of likely N-dealkylation sites (N-methyl/N-ethyl adjacent to an activating group) is 1. The highest BCUT2D eigenvalue weighted by Crippen LogP contribution is 2.37. The van der Waals surface area contributed by atoms with Crippen molar-refractivity contribution in [3.8, 4) is 0 Å². The third kappa shape index (κ3) is 4.21. The maximum absolute atomic E-state index is 12.9. The van der Waals surface area contributed by atoms with E-state index in [0.717, 1.165) is 18.2 Å². The number of carbonyl (C=O) groups is 2. The first kappa shape index (κ1) is 19.0. The summed E-state index contributed by atoms with van der Waals surface area (Å²) in [6, 6.07) is 5.25. The van der Waals surface area contributed by atoms with Gasteiger partial charge in [-0.1, -0.05) is 31.7 Å². The van der Waals surface area contributed by atoms with Gasteiger partial charge in [-0.05, 0) is 24.1 Å². The van der Waals surface area contributed by atoms with Crippen molar-refractivity contribution in [1.29, 1.82) is 0 Å². The molecule has 0 radical (unpaired) electrons. The van der Waals surface area contributed by atoms with Gasteiger partial charge in [-0.3, -0.25) is 9.59 Å². The van der Waals surface area contributed by atoms with E-state index in [1.807, 2.05) is 6.92 Å². The topological polar surface area (TPSA) is 40.6 Å². The molecule has 0 aliphatic carbocycles. The number of nitrogens with zero attached hydrogens (tertiary/aromatic N) is 2. The highest BCUT2D eigenvalue weighted by Gasteiger charge is 2.39. The van der Waals surface area contributed by atoms with E-state index >= 15 is 0 Å². The fraction of sp³-hybridized carbons (Fsp3) is 0.444. The van der Waals surface area contributed by atoms with Gasteiger partial charge in [-0.15, -0.1) is 0 Å². The Morgan fingerprint density at radius 1 is 1.40 bits per heavy atom. The number of hydrogen-bond acceptors (Lipinski definition) is 2. The van der Waals surface area contributed by atoms with Crippen LogP contribution >= 0.6 is 0 Å². The molecule has 0 N–H and O–H groups in total. The summed E-state index contributed by atoms with van der Waals surface area (Å²) in [4.78, 5) is 26.7. The van der Waals surface area contributed by atoms with Crippen molar-refractivity contribution in [3.63, 3.8) is 0 Å². The van der Waals surface area contributed by atoms with Crippen molar-refractivity contribution in [1.82, 2.24) is 9.80 Å². The van der Waals surface area contributed by atoms with Gasteiger partial charge in [0.2, 0.25) is 11.8 Å². The molecule has 1 unspecified atom stereocenters. The molecule has 1 atom stereocenters. The number of likely N-dealkylation sites (tertiary alicyclic amines) is 1. The van der Waals surface area contributed by atoms with E-state index < -0.39 is 17.2 Å². The van der Waals surface area contributed by atoms with Gasteiger partial charge in [0.15, 0.2) is 0 Å². The normalized spacial score (nSPS) is 20.4. The van der Waals surface area contributed by atoms with Crippen molar-refractivity contribution in [3.05, 3.63) is 48.0 Å². The van der Waals surface area contributed by atoms with Gasteiger partial charge in [0, 0.05) is 25.6 Å². The Hall–Kier alpha value is -2.31. The summed E-state index contributed by atoms with van der Waals surface area (Å²) in [5, 5.41) is 0. The predicted octanol–water partition coefficient (Wildman–Crippen LogP) is 2.84. The van der Waals surface area contributed by atoms with E-state index in [1.54, 1.807) is 11.0 Å². The average Bonchev–Trinajstić information content (AvgIpc) is 2.97. The second-order valence-corrected chi connectivity index (χ2v) is 6.60. The fourth-order valence-electron chi connectivity index (χ4n) is 3.02. The first-order chi connectivity index (χ1) is 11.6. The molecule has 1 saturated heterocycles. The van der Waals surface area contributed by atoms with E-state index in [4.69, 9.17) is 0 Å². The van der Waals surface area contributed by atoms with Gasteiger partial charge in [0.1, 0.15) is 0 Å². The van der Waals surface area contributed by atoms with Gasteiger partial charge in [-0.25, -0.2) is 0 Å². The first-order valence-electron chi connectivity index (χ1n) is 7.90. The van der Waals surface area contributed by atoms with Crippen LogP contribution in [-0.4, -0.2) is 48.3 Å². The Labute approximate surface area is 144 Å². The second-order valence-electron chi connectivity index (χ2n) is 6.60. The predicted molar refractivity (Wildman–Crippen MR) is 87.8 cm³/mol. The van der Waals surface area contributed by atoms with Crippen LogP contribution in [0.5, 0.6) is 0 Å². The molecule has 4 nitrogen and oxygen atoms in total. The molecule has 0 bridgehead atoms. The van der Waals surface area contributed by atoms with E-state index in [-0.39, 0.29) is 18.4 Å². The monoisotopic (exact) mass is 354 g/mol. The molecule has 0 aromatic heterocycles. The van der Waals surface area contributed by atoms with Crippen LogP contribution in [0.3, 0.4) is 0 Å². The molecule has 0 spiro atoms. The number of carbonyl (C=O) groups excluding carboxylic acids is 2. The molecule has 2 rings (SSSR count). The summed E-state index contributed by atoms with van der Waals surface area (Å²) in [5.41, 5.74) is -0.668. The molecule has 2 amide bonds. The minimum Gasteiger partial charge on any atom is -0.340 e. The zero-order valence-electron chi connectivity index (χ0n) is 14.3. The highest BCUT2D eigenvalue weighted by atomic mass is 19.4. The molecule has 1 aliphatic heterocycles. The lowest BCUT2D eigenvalue weighted by Gasteiger charge is -2.27. The van der Waals surface area contributed by atoms with Gasteiger partial charge in [0.05, 0.1) is 12.1 Å². The van der Waals surface area contributed by atoms with Crippen molar-refractivity contribution in [2.24, 2.45) is 0 Å². The number of amides is 2. The van der Waals surface area contributed by atoms with Crippen molar-refractivity contribution < 1.29 is 22.8 Å². The van der Waals surface area contributed by atoms with E-state index in [2.05, 4.69) is 6.58 Å². The molecule has 1 aliphatic rings. The standard InChI is InChI=1S/C18H21F3N2O2/c1-4-15(24)22(3)11-16(25)23-9-8-17(2,12-23)13-6-5-7-14(10-13)18(19,20)21/h4-7,10H,1,8-9,11-12H2,2-3H3. The van der Waals surface area contributed by atoms with Crippen molar-refractivity contribution in [2.45, 2.75) is 24.9 Å². The van der Waals surface area contributed by atoms with Crippen LogP contribution in [0.15, 0.2) is 36.9 Å².